The van der Waals surface area contributed by atoms with Crippen LogP contribution in [0.2, 0.25) is 5.02 Å². The number of hydrogen-bond acceptors (Lipinski definition) is 3. The monoisotopic (exact) mass is 243 g/mol. The maximum absolute atomic E-state index is 5.95. The summed E-state index contributed by atoms with van der Waals surface area (Å²) in [4.78, 5) is 0. The lowest BCUT2D eigenvalue weighted by molar-refractivity contribution is 0.0504. The summed E-state index contributed by atoms with van der Waals surface area (Å²) in [5.41, 5.74) is 6.95. The molecule has 0 aliphatic heterocycles. The van der Waals surface area contributed by atoms with Crippen LogP contribution in [-0.4, -0.2) is 19.9 Å². The molecule has 0 bridgehead atoms. The van der Waals surface area contributed by atoms with Crippen LogP contribution < -0.4 is 10.5 Å². The zero-order chi connectivity index (χ0) is 12.0. The molecule has 0 aromatic heterocycles. The Morgan fingerprint density at radius 2 is 2.19 bits per heavy atom. The molecule has 1 aromatic carbocycles. The predicted molar refractivity (Wildman–Crippen MR) is 65.9 cm³/mol. The highest BCUT2D eigenvalue weighted by Gasteiger charge is 2.08. The Kier molecular flexibility index (Phi) is 5.60. The first-order chi connectivity index (χ1) is 7.67. The van der Waals surface area contributed by atoms with Gasteiger partial charge in [-0.1, -0.05) is 18.5 Å². The first kappa shape index (κ1) is 13.3. The van der Waals surface area contributed by atoms with Crippen LogP contribution in [0, 0.1) is 0 Å². The standard InChI is InChI=1S/C12H18ClNO2/c1-3-11(14)7-9-6-10(13)4-5-12(9)16-8-15-2/h4-6,11H,3,7-8,14H2,1-2H3. The summed E-state index contributed by atoms with van der Waals surface area (Å²) < 4.78 is 10.3. The van der Waals surface area contributed by atoms with Crippen molar-refractivity contribution in [2.24, 2.45) is 5.73 Å². The van der Waals surface area contributed by atoms with Gasteiger partial charge in [-0.2, -0.15) is 0 Å². The molecule has 1 rings (SSSR count). The molecule has 0 fully saturated rings. The molecule has 1 unspecified atom stereocenters. The number of halogens is 1. The van der Waals surface area contributed by atoms with Gasteiger partial charge in [-0.05, 0) is 36.6 Å². The fraction of sp³-hybridized carbons (Fsp3) is 0.500. The molecule has 1 atom stereocenters. The van der Waals surface area contributed by atoms with Crippen molar-refractivity contribution < 1.29 is 9.47 Å². The third kappa shape index (κ3) is 4.00. The topological polar surface area (TPSA) is 44.5 Å². The Labute approximate surface area is 101 Å². The van der Waals surface area contributed by atoms with Gasteiger partial charge in [0.25, 0.3) is 0 Å². The van der Waals surface area contributed by atoms with Crippen LogP contribution in [0.4, 0.5) is 0 Å². The minimum absolute atomic E-state index is 0.128. The van der Waals surface area contributed by atoms with Crippen LogP contribution in [-0.2, 0) is 11.2 Å². The van der Waals surface area contributed by atoms with E-state index < -0.39 is 0 Å². The van der Waals surface area contributed by atoms with Crippen molar-refractivity contribution in [2.45, 2.75) is 25.8 Å². The van der Waals surface area contributed by atoms with Crippen molar-refractivity contribution in [2.75, 3.05) is 13.9 Å². The average Bonchev–Trinajstić information content (AvgIpc) is 2.28. The maximum Gasteiger partial charge on any atom is 0.188 e. The van der Waals surface area contributed by atoms with E-state index in [0.717, 1.165) is 24.2 Å². The third-order valence-electron chi connectivity index (χ3n) is 2.36. The number of ether oxygens (including phenoxy) is 2. The highest BCUT2D eigenvalue weighted by molar-refractivity contribution is 6.30. The Hall–Kier alpha value is -0.770. The van der Waals surface area contributed by atoms with Gasteiger partial charge in [-0.3, -0.25) is 0 Å². The highest BCUT2D eigenvalue weighted by atomic mass is 35.5. The Balaban J connectivity index is 2.80. The van der Waals surface area contributed by atoms with Crippen LogP contribution in [0.3, 0.4) is 0 Å². The second-order valence-corrected chi connectivity index (χ2v) is 4.11. The fourth-order valence-electron chi connectivity index (χ4n) is 1.40. The Morgan fingerprint density at radius 3 is 2.81 bits per heavy atom. The van der Waals surface area contributed by atoms with Gasteiger partial charge in [-0.15, -0.1) is 0 Å². The minimum Gasteiger partial charge on any atom is -0.467 e. The molecule has 0 aliphatic rings. The van der Waals surface area contributed by atoms with E-state index in [-0.39, 0.29) is 12.8 Å². The van der Waals surface area contributed by atoms with Gasteiger partial charge in [0.1, 0.15) is 5.75 Å². The molecule has 0 heterocycles. The van der Waals surface area contributed by atoms with E-state index in [1.54, 1.807) is 13.2 Å². The van der Waals surface area contributed by atoms with Gasteiger partial charge < -0.3 is 15.2 Å². The molecular formula is C12H18ClNO2. The van der Waals surface area contributed by atoms with Gasteiger partial charge in [0, 0.05) is 18.2 Å². The summed E-state index contributed by atoms with van der Waals surface area (Å²) in [7, 11) is 1.59. The van der Waals surface area contributed by atoms with E-state index in [4.69, 9.17) is 26.8 Å². The lowest BCUT2D eigenvalue weighted by Gasteiger charge is -2.14. The van der Waals surface area contributed by atoms with Crippen molar-refractivity contribution >= 4 is 11.6 Å². The zero-order valence-electron chi connectivity index (χ0n) is 9.70. The van der Waals surface area contributed by atoms with Crippen molar-refractivity contribution in [1.82, 2.24) is 0 Å². The zero-order valence-corrected chi connectivity index (χ0v) is 10.5. The third-order valence-corrected chi connectivity index (χ3v) is 2.60. The summed E-state index contributed by atoms with van der Waals surface area (Å²) in [6, 6.07) is 5.66. The molecule has 0 saturated heterocycles. The number of hydrogen-bond donors (Lipinski definition) is 1. The van der Waals surface area contributed by atoms with E-state index in [1.807, 2.05) is 12.1 Å². The molecule has 4 heteroatoms. The molecular weight excluding hydrogens is 226 g/mol. The SMILES string of the molecule is CCC(N)Cc1cc(Cl)ccc1OCOC. The Morgan fingerprint density at radius 1 is 1.44 bits per heavy atom. The van der Waals surface area contributed by atoms with Crippen LogP contribution in [0.5, 0.6) is 5.75 Å². The van der Waals surface area contributed by atoms with Gasteiger partial charge in [0.15, 0.2) is 6.79 Å². The van der Waals surface area contributed by atoms with Crippen molar-refractivity contribution in [3.63, 3.8) is 0 Å². The molecule has 0 radical (unpaired) electrons. The number of nitrogens with two attached hydrogens (primary N) is 1. The first-order valence-corrected chi connectivity index (χ1v) is 5.71. The van der Waals surface area contributed by atoms with E-state index >= 15 is 0 Å². The van der Waals surface area contributed by atoms with Gasteiger partial charge in [0.05, 0.1) is 0 Å². The molecule has 3 nitrogen and oxygen atoms in total. The number of benzene rings is 1. The molecule has 0 aliphatic carbocycles. The molecule has 1 aromatic rings. The van der Waals surface area contributed by atoms with E-state index in [2.05, 4.69) is 6.92 Å². The number of methoxy groups -OCH3 is 1. The van der Waals surface area contributed by atoms with Gasteiger partial charge in [-0.25, -0.2) is 0 Å². The summed E-state index contributed by atoms with van der Waals surface area (Å²) in [6.07, 6.45) is 1.69. The molecule has 16 heavy (non-hydrogen) atoms. The Bertz CT molecular complexity index is 331. The number of rotatable bonds is 6. The van der Waals surface area contributed by atoms with E-state index in [0.29, 0.717) is 5.02 Å². The molecule has 90 valence electrons. The fourth-order valence-corrected chi connectivity index (χ4v) is 1.59. The maximum atomic E-state index is 5.95. The van der Waals surface area contributed by atoms with Crippen LogP contribution in [0.15, 0.2) is 18.2 Å². The molecule has 0 spiro atoms. The lowest BCUT2D eigenvalue weighted by atomic mass is 10.0. The lowest BCUT2D eigenvalue weighted by Crippen LogP contribution is -2.21. The van der Waals surface area contributed by atoms with Crippen LogP contribution in [0.1, 0.15) is 18.9 Å². The highest BCUT2D eigenvalue weighted by Crippen LogP contribution is 2.24. The summed E-state index contributed by atoms with van der Waals surface area (Å²) >= 11 is 5.95. The van der Waals surface area contributed by atoms with Crippen LogP contribution >= 0.6 is 11.6 Å². The second-order valence-electron chi connectivity index (χ2n) is 3.68. The van der Waals surface area contributed by atoms with Crippen molar-refractivity contribution in [3.05, 3.63) is 28.8 Å². The van der Waals surface area contributed by atoms with Gasteiger partial charge >= 0.3 is 0 Å². The summed E-state index contributed by atoms with van der Waals surface area (Å²) in [5.74, 6) is 0.787. The minimum atomic E-state index is 0.128. The smallest absolute Gasteiger partial charge is 0.188 e. The molecule has 0 saturated carbocycles. The van der Waals surface area contributed by atoms with E-state index in [1.165, 1.54) is 0 Å². The largest absolute Gasteiger partial charge is 0.467 e. The predicted octanol–water partition coefficient (Wildman–Crippen LogP) is 2.60. The first-order valence-electron chi connectivity index (χ1n) is 5.33. The van der Waals surface area contributed by atoms with E-state index in [9.17, 15) is 0 Å². The van der Waals surface area contributed by atoms with Gasteiger partial charge in [0.2, 0.25) is 0 Å². The molecule has 2 N–H and O–H groups in total. The quantitative estimate of drug-likeness (QED) is 0.782. The normalized spacial score (nSPS) is 12.5. The average molecular weight is 244 g/mol. The second kappa shape index (κ2) is 6.74. The molecule has 0 amide bonds. The van der Waals surface area contributed by atoms with Crippen molar-refractivity contribution in [1.29, 1.82) is 0 Å². The van der Waals surface area contributed by atoms with Crippen LogP contribution in [0.25, 0.3) is 0 Å². The summed E-state index contributed by atoms with van der Waals surface area (Å²) in [5, 5.41) is 0.697. The van der Waals surface area contributed by atoms with Crippen molar-refractivity contribution in [3.8, 4) is 5.75 Å². The summed E-state index contributed by atoms with van der Waals surface area (Å²) in [6.45, 7) is 2.29.